The van der Waals surface area contributed by atoms with Crippen LogP contribution < -0.4 is 17.2 Å². The predicted octanol–water partition coefficient (Wildman–Crippen LogP) is 0.130. The summed E-state index contributed by atoms with van der Waals surface area (Å²) >= 11 is 0. The lowest BCUT2D eigenvalue weighted by Crippen LogP contribution is -2.62. The maximum atomic E-state index is 13.2. The predicted molar refractivity (Wildman–Crippen MR) is 108 cm³/mol. The average Bonchev–Trinajstić information content (AvgIpc) is 2.56. The molecule has 0 fully saturated rings. The van der Waals surface area contributed by atoms with E-state index < -0.39 is 38.2 Å². The number of sulfone groups is 1. The van der Waals surface area contributed by atoms with Gasteiger partial charge in [-0.05, 0) is 46.2 Å². The standard InChI is InChI=1S/C18H28N4O6S/c1-11-5-7-12(8-6-11)29(26,27)18(21,15(24)25)13(9-10-22-16(19)20)14(23)28-17(2,3)4/h5-8,13H,9-10,21H2,1-4H3,(H,24,25)(H4,19,20,22)/t13?,18-/m1/s1. The Labute approximate surface area is 170 Å². The molecular weight excluding hydrogens is 400 g/mol. The van der Waals surface area contributed by atoms with Crippen LogP contribution >= 0.6 is 0 Å². The first-order valence-electron chi connectivity index (χ1n) is 8.74. The second-order valence-electron chi connectivity index (χ2n) is 7.60. The van der Waals surface area contributed by atoms with Crippen LogP contribution in [0.2, 0.25) is 0 Å². The Morgan fingerprint density at radius 1 is 1.17 bits per heavy atom. The molecule has 0 aromatic heterocycles. The number of benzene rings is 1. The molecule has 1 aromatic carbocycles. The van der Waals surface area contributed by atoms with E-state index in [0.29, 0.717) is 0 Å². The molecule has 0 heterocycles. The van der Waals surface area contributed by atoms with Gasteiger partial charge in [0.05, 0.1) is 4.90 Å². The summed E-state index contributed by atoms with van der Waals surface area (Å²) in [7, 11) is -4.70. The van der Waals surface area contributed by atoms with E-state index in [9.17, 15) is 23.1 Å². The summed E-state index contributed by atoms with van der Waals surface area (Å²) in [4.78, 5) is 25.3. The molecule has 0 aliphatic heterocycles. The van der Waals surface area contributed by atoms with Crippen LogP contribution in [-0.2, 0) is 24.2 Å². The number of carboxylic acid groups (broad SMARTS) is 1. The second-order valence-corrected chi connectivity index (χ2v) is 9.75. The number of aliphatic imine (C=N–C) groups is 1. The zero-order chi connectivity index (χ0) is 22.6. The zero-order valence-electron chi connectivity index (χ0n) is 16.9. The number of hydrogen-bond acceptors (Lipinski definition) is 7. The van der Waals surface area contributed by atoms with Crippen LogP contribution in [0.25, 0.3) is 0 Å². The summed E-state index contributed by atoms with van der Waals surface area (Å²) in [5.41, 5.74) is 16.3. The average molecular weight is 429 g/mol. The molecule has 11 heteroatoms. The Morgan fingerprint density at radius 2 is 1.69 bits per heavy atom. The van der Waals surface area contributed by atoms with Crippen molar-refractivity contribution < 1.29 is 27.9 Å². The lowest BCUT2D eigenvalue weighted by atomic mass is 9.95. The Kier molecular flexibility index (Phi) is 7.38. The van der Waals surface area contributed by atoms with Gasteiger partial charge in [-0.2, -0.15) is 0 Å². The van der Waals surface area contributed by atoms with E-state index in [2.05, 4.69) is 4.99 Å². The van der Waals surface area contributed by atoms with E-state index >= 15 is 0 Å². The van der Waals surface area contributed by atoms with Crippen molar-refractivity contribution in [1.82, 2.24) is 0 Å². The smallest absolute Gasteiger partial charge is 0.340 e. The molecule has 0 spiro atoms. The number of esters is 1. The molecule has 0 aliphatic carbocycles. The lowest BCUT2D eigenvalue weighted by molar-refractivity contribution is -0.165. The second kappa shape index (κ2) is 8.78. The summed E-state index contributed by atoms with van der Waals surface area (Å²) in [6, 6.07) is 5.46. The van der Waals surface area contributed by atoms with Gasteiger partial charge in [-0.15, -0.1) is 0 Å². The van der Waals surface area contributed by atoms with Crippen molar-refractivity contribution in [2.75, 3.05) is 6.54 Å². The van der Waals surface area contributed by atoms with Gasteiger partial charge >= 0.3 is 11.9 Å². The van der Waals surface area contributed by atoms with Crippen LogP contribution in [0, 0.1) is 12.8 Å². The minimum absolute atomic E-state index is 0.220. The number of nitrogens with zero attached hydrogens (tertiary/aromatic N) is 1. The third-order valence-electron chi connectivity index (χ3n) is 4.03. The molecule has 0 saturated heterocycles. The third-order valence-corrected chi connectivity index (χ3v) is 6.27. The third kappa shape index (κ3) is 5.67. The summed E-state index contributed by atoms with van der Waals surface area (Å²) in [6.07, 6.45) is -0.360. The number of carboxylic acids is 1. The van der Waals surface area contributed by atoms with Crippen LogP contribution in [-0.4, -0.2) is 48.4 Å². The Hall–Kier alpha value is -2.66. The molecule has 10 nitrogen and oxygen atoms in total. The van der Waals surface area contributed by atoms with Crippen molar-refractivity contribution in [2.45, 2.75) is 49.5 Å². The number of aliphatic carboxylic acids is 1. The number of carbonyl (C=O) groups excluding carboxylic acids is 1. The molecule has 1 rings (SSSR count). The van der Waals surface area contributed by atoms with Gasteiger partial charge in [0.15, 0.2) is 5.96 Å². The zero-order valence-corrected chi connectivity index (χ0v) is 17.7. The van der Waals surface area contributed by atoms with Crippen molar-refractivity contribution in [1.29, 1.82) is 0 Å². The summed E-state index contributed by atoms with van der Waals surface area (Å²) in [5, 5.41) is 9.81. The quantitative estimate of drug-likeness (QED) is 0.253. The Morgan fingerprint density at radius 3 is 2.10 bits per heavy atom. The van der Waals surface area contributed by atoms with Gasteiger partial charge in [0, 0.05) is 6.54 Å². The molecule has 29 heavy (non-hydrogen) atoms. The summed E-state index contributed by atoms with van der Waals surface area (Å²) in [6.45, 7) is 6.20. The molecule has 2 atom stereocenters. The van der Waals surface area contributed by atoms with Crippen molar-refractivity contribution in [3.8, 4) is 0 Å². The maximum Gasteiger partial charge on any atom is 0.340 e. The molecule has 1 aromatic rings. The van der Waals surface area contributed by atoms with Crippen molar-refractivity contribution in [3.05, 3.63) is 29.8 Å². The molecule has 7 N–H and O–H groups in total. The number of aryl methyl sites for hydroxylation is 1. The molecular formula is C18H28N4O6S. The van der Waals surface area contributed by atoms with E-state index in [0.717, 1.165) is 5.56 Å². The molecule has 0 radical (unpaired) electrons. The van der Waals surface area contributed by atoms with Gasteiger partial charge in [0.2, 0.25) is 14.7 Å². The minimum atomic E-state index is -4.70. The summed E-state index contributed by atoms with van der Waals surface area (Å²) < 4.78 is 31.7. The molecule has 0 amide bonds. The fourth-order valence-corrected chi connectivity index (χ4v) is 4.27. The first kappa shape index (κ1) is 24.4. The van der Waals surface area contributed by atoms with Crippen LogP contribution in [0.4, 0.5) is 0 Å². The molecule has 162 valence electrons. The van der Waals surface area contributed by atoms with Gasteiger partial charge in [0.25, 0.3) is 0 Å². The fraction of sp³-hybridized carbons (Fsp3) is 0.500. The lowest BCUT2D eigenvalue weighted by Gasteiger charge is -2.33. The highest BCUT2D eigenvalue weighted by Gasteiger charge is 2.58. The number of carbonyl (C=O) groups is 2. The van der Waals surface area contributed by atoms with Crippen molar-refractivity contribution in [3.63, 3.8) is 0 Å². The Bertz CT molecular complexity index is 886. The number of nitrogens with two attached hydrogens (primary N) is 3. The summed E-state index contributed by atoms with van der Waals surface area (Å²) in [5.74, 6) is -5.04. The highest BCUT2D eigenvalue weighted by atomic mass is 32.2. The van der Waals surface area contributed by atoms with Gasteiger partial charge < -0.3 is 27.0 Å². The van der Waals surface area contributed by atoms with Gasteiger partial charge in [0.1, 0.15) is 11.5 Å². The fourth-order valence-electron chi connectivity index (χ4n) is 2.57. The van der Waals surface area contributed by atoms with Gasteiger partial charge in [-0.3, -0.25) is 9.79 Å². The molecule has 0 saturated carbocycles. The number of guanidine groups is 1. The van der Waals surface area contributed by atoms with Gasteiger partial charge in [-0.25, -0.2) is 13.2 Å². The highest BCUT2D eigenvalue weighted by Crippen LogP contribution is 2.33. The first-order valence-corrected chi connectivity index (χ1v) is 10.2. The highest BCUT2D eigenvalue weighted by molar-refractivity contribution is 7.93. The van der Waals surface area contributed by atoms with E-state index in [4.69, 9.17) is 21.9 Å². The van der Waals surface area contributed by atoms with E-state index in [1.807, 2.05) is 0 Å². The van der Waals surface area contributed by atoms with Crippen molar-refractivity contribution >= 4 is 27.7 Å². The number of ether oxygens (including phenoxy) is 1. The molecule has 0 bridgehead atoms. The minimum Gasteiger partial charge on any atom is -0.479 e. The van der Waals surface area contributed by atoms with E-state index in [-0.39, 0.29) is 23.8 Å². The number of rotatable bonds is 8. The maximum absolute atomic E-state index is 13.2. The van der Waals surface area contributed by atoms with Crippen molar-refractivity contribution in [2.24, 2.45) is 28.1 Å². The normalized spacial score (nSPS) is 15.1. The Balaban J connectivity index is 3.57. The topological polar surface area (TPSA) is 188 Å². The van der Waals surface area contributed by atoms with Crippen LogP contribution in [0.5, 0.6) is 0 Å². The van der Waals surface area contributed by atoms with E-state index in [1.165, 1.54) is 24.3 Å². The monoisotopic (exact) mass is 428 g/mol. The number of hydrogen-bond donors (Lipinski definition) is 4. The van der Waals surface area contributed by atoms with Crippen LogP contribution in [0.3, 0.4) is 0 Å². The first-order chi connectivity index (χ1) is 13.1. The van der Waals surface area contributed by atoms with Gasteiger partial charge in [-0.1, -0.05) is 17.7 Å². The van der Waals surface area contributed by atoms with E-state index in [1.54, 1.807) is 27.7 Å². The van der Waals surface area contributed by atoms with Crippen LogP contribution in [0.15, 0.2) is 34.2 Å². The SMILES string of the molecule is Cc1ccc(S(=O)(=O)[C@@](N)(C(=O)O)C(CCN=C(N)N)C(=O)OC(C)(C)C)cc1. The van der Waals surface area contributed by atoms with Crippen LogP contribution in [0.1, 0.15) is 32.8 Å². The molecule has 1 unspecified atom stereocenters. The largest absolute Gasteiger partial charge is 0.479 e. The molecule has 0 aliphatic rings.